The molecule has 0 saturated heterocycles. The van der Waals surface area contributed by atoms with E-state index >= 15 is 0 Å². The van der Waals surface area contributed by atoms with Crippen LogP contribution in [0.3, 0.4) is 0 Å². The van der Waals surface area contributed by atoms with E-state index in [2.05, 4.69) is 15.2 Å². The van der Waals surface area contributed by atoms with Gasteiger partial charge in [0, 0.05) is 11.5 Å². The predicted octanol–water partition coefficient (Wildman–Crippen LogP) is 1.24. The van der Waals surface area contributed by atoms with Gasteiger partial charge in [0.1, 0.15) is 5.15 Å². The highest BCUT2D eigenvalue weighted by atomic mass is 35.5. The van der Waals surface area contributed by atoms with E-state index in [-0.39, 0.29) is 10.9 Å². The van der Waals surface area contributed by atoms with Crippen molar-refractivity contribution in [1.29, 1.82) is 0 Å². The SMILES string of the molecule is COc1cc2c(Cl)nc3n[nH]c(=O)n3c2cc1OC. The smallest absolute Gasteiger partial charge is 0.349 e. The summed E-state index contributed by atoms with van der Waals surface area (Å²) in [5, 5.41) is 6.93. The number of nitrogens with one attached hydrogen (secondary N) is 1. The summed E-state index contributed by atoms with van der Waals surface area (Å²) in [6, 6.07) is 3.33. The number of benzene rings is 1. The van der Waals surface area contributed by atoms with Crippen LogP contribution in [0.2, 0.25) is 5.15 Å². The lowest BCUT2D eigenvalue weighted by atomic mass is 10.2. The first kappa shape index (κ1) is 11.8. The molecule has 0 radical (unpaired) electrons. The topological polar surface area (TPSA) is 81.5 Å². The van der Waals surface area contributed by atoms with E-state index in [4.69, 9.17) is 21.1 Å². The molecule has 1 aromatic carbocycles. The van der Waals surface area contributed by atoms with Crippen molar-refractivity contribution in [3.05, 3.63) is 27.8 Å². The van der Waals surface area contributed by atoms with Crippen LogP contribution in [0, 0.1) is 0 Å². The minimum atomic E-state index is -0.392. The van der Waals surface area contributed by atoms with E-state index in [1.165, 1.54) is 18.6 Å². The number of rotatable bonds is 2. The van der Waals surface area contributed by atoms with E-state index in [1.807, 2.05) is 0 Å². The fraction of sp³-hybridized carbons (Fsp3) is 0.182. The van der Waals surface area contributed by atoms with Gasteiger partial charge < -0.3 is 9.47 Å². The molecule has 7 nitrogen and oxygen atoms in total. The highest BCUT2D eigenvalue weighted by Crippen LogP contribution is 2.34. The number of aromatic nitrogens is 4. The molecule has 0 amide bonds. The Hall–Kier alpha value is -2.28. The van der Waals surface area contributed by atoms with Crippen molar-refractivity contribution in [2.45, 2.75) is 0 Å². The summed E-state index contributed by atoms with van der Waals surface area (Å²) in [6.45, 7) is 0. The van der Waals surface area contributed by atoms with Gasteiger partial charge in [-0.2, -0.15) is 4.98 Å². The maximum atomic E-state index is 11.7. The molecule has 19 heavy (non-hydrogen) atoms. The summed E-state index contributed by atoms with van der Waals surface area (Å²) in [6.07, 6.45) is 0. The van der Waals surface area contributed by atoms with Gasteiger partial charge in [0.15, 0.2) is 11.5 Å². The minimum Gasteiger partial charge on any atom is -0.493 e. The molecule has 3 aromatic rings. The van der Waals surface area contributed by atoms with Crippen LogP contribution >= 0.6 is 11.6 Å². The van der Waals surface area contributed by atoms with E-state index in [1.54, 1.807) is 12.1 Å². The molecule has 8 heteroatoms. The summed E-state index contributed by atoms with van der Waals surface area (Å²) in [5.74, 6) is 1.20. The van der Waals surface area contributed by atoms with Crippen LogP contribution in [0.5, 0.6) is 11.5 Å². The van der Waals surface area contributed by atoms with Crippen LogP contribution in [0.25, 0.3) is 16.7 Å². The van der Waals surface area contributed by atoms with Crippen molar-refractivity contribution in [3.63, 3.8) is 0 Å². The fourth-order valence-electron chi connectivity index (χ4n) is 1.95. The monoisotopic (exact) mass is 280 g/mol. The van der Waals surface area contributed by atoms with E-state index in [0.29, 0.717) is 22.4 Å². The van der Waals surface area contributed by atoms with Gasteiger partial charge in [0.2, 0.25) is 0 Å². The average Bonchev–Trinajstić information content (AvgIpc) is 2.78. The molecule has 1 N–H and O–H groups in total. The van der Waals surface area contributed by atoms with Crippen LogP contribution in [-0.2, 0) is 0 Å². The second-order valence-corrected chi connectivity index (χ2v) is 4.15. The summed E-state index contributed by atoms with van der Waals surface area (Å²) < 4.78 is 11.7. The maximum Gasteiger partial charge on any atom is 0.349 e. The number of nitrogens with zero attached hydrogens (tertiary/aromatic N) is 3. The van der Waals surface area contributed by atoms with Crippen molar-refractivity contribution in [3.8, 4) is 11.5 Å². The van der Waals surface area contributed by atoms with Gasteiger partial charge in [0.05, 0.1) is 19.7 Å². The molecule has 0 saturated carbocycles. The fourth-order valence-corrected chi connectivity index (χ4v) is 2.17. The summed E-state index contributed by atoms with van der Waals surface area (Å²) >= 11 is 6.09. The molecule has 0 unspecified atom stereocenters. The van der Waals surface area contributed by atoms with Gasteiger partial charge in [-0.25, -0.2) is 14.3 Å². The first-order valence-corrected chi connectivity index (χ1v) is 5.72. The van der Waals surface area contributed by atoms with Crippen molar-refractivity contribution in [2.24, 2.45) is 0 Å². The van der Waals surface area contributed by atoms with Crippen molar-refractivity contribution >= 4 is 28.3 Å². The van der Waals surface area contributed by atoms with Crippen molar-refractivity contribution in [1.82, 2.24) is 19.6 Å². The predicted molar refractivity (Wildman–Crippen MR) is 69.2 cm³/mol. The maximum absolute atomic E-state index is 11.7. The number of aromatic amines is 1. The number of hydrogen-bond donors (Lipinski definition) is 1. The standard InChI is InChI=1S/C11H9ClN4O3/c1-18-7-3-5-6(4-8(7)19-2)16-10(13-9(5)12)14-15-11(16)17/h3-4H,1-2H3,(H,15,17). The Balaban J connectivity index is 2.55. The molecule has 3 rings (SSSR count). The largest absolute Gasteiger partial charge is 0.493 e. The molecular formula is C11H9ClN4O3. The molecule has 0 aliphatic carbocycles. The lowest BCUT2D eigenvalue weighted by Gasteiger charge is -2.10. The third kappa shape index (κ3) is 1.62. The Bertz CT molecular complexity index is 839. The molecule has 0 spiro atoms. The van der Waals surface area contributed by atoms with Crippen LogP contribution in [0.1, 0.15) is 0 Å². The van der Waals surface area contributed by atoms with Crippen LogP contribution in [0.15, 0.2) is 16.9 Å². The van der Waals surface area contributed by atoms with Crippen molar-refractivity contribution < 1.29 is 9.47 Å². The Morgan fingerprint density at radius 3 is 2.63 bits per heavy atom. The molecule has 0 aliphatic rings. The molecule has 0 bridgehead atoms. The van der Waals surface area contributed by atoms with Crippen LogP contribution < -0.4 is 15.2 Å². The van der Waals surface area contributed by atoms with Gasteiger partial charge >= 0.3 is 5.69 Å². The molecule has 2 aromatic heterocycles. The third-order valence-electron chi connectivity index (χ3n) is 2.82. The Morgan fingerprint density at radius 2 is 1.95 bits per heavy atom. The quantitative estimate of drug-likeness (QED) is 0.714. The number of hydrogen-bond acceptors (Lipinski definition) is 5. The summed E-state index contributed by atoms with van der Waals surface area (Å²) in [5.41, 5.74) is 0.155. The number of methoxy groups -OCH3 is 2. The molecule has 0 fully saturated rings. The van der Waals surface area contributed by atoms with Gasteiger partial charge in [0.25, 0.3) is 5.78 Å². The Labute approximate surface area is 111 Å². The molecule has 0 aliphatic heterocycles. The Morgan fingerprint density at radius 1 is 1.26 bits per heavy atom. The van der Waals surface area contributed by atoms with Gasteiger partial charge in [-0.15, -0.1) is 5.10 Å². The summed E-state index contributed by atoms with van der Waals surface area (Å²) in [7, 11) is 3.04. The zero-order valence-corrected chi connectivity index (χ0v) is 10.9. The number of H-pyrrole nitrogens is 1. The highest BCUT2D eigenvalue weighted by molar-refractivity contribution is 6.34. The highest BCUT2D eigenvalue weighted by Gasteiger charge is 2.14. The lowest BCUT2D eigenvalue weighted by molar-refractivity contribution is 0.355. The molecule has 0 atom stereocenters. The zero-order valence-electron chi connectivity index (χ0n) is 10.1. The number of halogens is 1. The van der Waals surface area contributed by atoms with Gasteiger partial charge in [-0.05, 0) is 6.07 Å². The van der Waals surface area contributed by atoms with Gasteiger partial charge in [-0.3, -0.25) is 0 Å². The van der Waals surface area contributed by atoms with Crippen molar-refractivity contribution in [2.75, 3.05) is 14.2 Å². The van der Waals surface area contributed by atoms with Crippen LogP contribution in [0.4, 0.5) is 0 Å². The molecule has 98 valence electrons. The van der Waals surface area contributed by atoms with E-state index in [9.17, 15) is 4.79 Å². The lowest BCUT2D eigenvalue weighted by Crippen LogP contribution is -2.11. The van der Waals surface area contributed by atoms with Gasteiger partial charge in [-0.1, -0.05) is 11.6 Å². The number of ether oxygens (including phenoxy) is 2. The summed E-state index contributed by atoms with van der Waals surface area (Å²) in [4.78, 5) is 15.8. The van der Waals surface area contributed by atoms with E-state index in [0.717, 1.165) is 0 Å². The first-order valence-electron chi connectivity index (χ1n) is 5.34. The third-order valence-corrected chi connectivity index (χ3v) is 3.11. The molecular weight excluding hydrogens is 272 g/mol. The Kier molecular flexibility index (Phi) is 2.56. The first-order chi connectivity index (χ1) is 9.15. The second-order valence-electron chi connectivity index (χ2n) is 3.79. The second kappa shape index (κ2) is 4.13. The minimum absolute atomic E-state index is 0.203. The zero-order chi connectivity index (χ0) is 13.6. The average molecular weight is 281 g/mol. The van der Waals surface area contributed by atoms with Crippen LogP contribution in [-0.4, -0.2) is 33.8 Å². The normalized spacial score (nSPS) is 11.1. The van der Waals surface area contributed by atoms with E-state index < -0.39 is 5.69 Å². The number of fused-ring (bicyclic) bond motifs is 3. The molecule has 2 heterocycles.